The number of H-pyrrole nitrogens is 1. The van der Waals surface area contributed by atoms with Gasteiger partial charge in [-0.2, -0.15) is 0 Å². The summed E-state index contributed by atoms with van der Waals surface area (Å²) < 4.78 is 9.71. The molecule has 0 fully saturated rings. The number of rotatable bonds is 2. The van der Waals surface area contributed by atoms with Crippen LogP contribution in [0.15, 0.2) is 36.5 Å². The molecule has 0 aliphatic carbocycles. The Morgan fingerprint density at radius 3 is 2.95 bits per heavy atom. The molecule has 5 heteroatoms. The second-order valence-corrected chi connectivity index (χ2v) is 4.02. The number of fused-ring (bicyclic) bond motifs is 3. The van der Waals surface area contributed by atoms with Crippen LogP contribution in [0.3, 0.4) is 0 Å². The predicted octanol–water partition coefficient (Wildman–Crippen LogP) is 3.25. The topological polar surface area (TPSA) is 64.2 Å². The highest BCUT2D eigenvalue weighted by Crippen LogP contribution is 2.26. The lowest BCUT2D eigenvalue weighted by atomic mass is 10.2. The van der Waals surface area contributed by atoms with E-state index in [2.05, 4.69) is 9.97 Å². The number of benzene rings is 1. The van der Waals surface area contributed by atoms with Gasteiger partial charge in [0.25, 0.3) is 0 Å². The number of nitrogens with zero attached hydrogens (tertiary/aromatic N) is 1. The van der Waals surface area contributed by atoms with Crippen molar-refractivity contribution in [3.05, 3.63) is 36.5 Å². The summed E-state index contributed by atoms with van der Waals surface area (Å²) in [5.74, 6) is 0.232. The molecule has 3 rings (SSSR count). The molecule has 0 amide bonds. The quantitative estimate of drug-likeness (QED) is 0.715. The average molecular weight is 256 g/mol. The number of aromatic amines is 1. The number of nitrogens with one attached hydrogen (secondary N) is 1. The summed E-state index contributed by atoms with van der Waals surface area (Å²) in [6.07, 6.45) is 0.901. The fourth-order valence-electron chi connectivity index (χ4n) is 2.02. The third kappa shape index (κ3) is 2.10. The Labute approximate surface area is 109 Å². The van der Waals surface area contributed by atoms with Crippen molar-refractivity contribution in [1.29, 1.82) is 0 Å². The van der Waals surface area contributed by atoms with E-state index in [0.717, 1.165) is 21.8 Å². The normalized spacial score (nSPS) is 10.8. The minimum atomic E-state index is -0.741. The number of hydrogen-bond acceptors (Lipinski definition) is 4. The van der Waals surface area contributed by atoms with Gasteiger partial charge in [-0.25, -0.2) is 9.78 Å². The van der Waals surface area contributed by atoms with Crippen LogP contribution in [0.5, 0.6) is 5.88 Å². The van der Waals surface area contributed by atoms with E-state index in [4.69, 9.17) is 9.47 Å². The summed E-state index contributed by atoms with van der Waals surface area (Å²) in [4.78, 5) is 18.6. The molecule has 1 N–H and O–H groups in total. The Bertz CT molecular complexity index is 749. The van der Waals surface area contributed by atoms with E-state index in [0.29, 0.717) is 0 Å². The molecule has 0 saturated heterocycles. The largest absolute Gasteiger partial charge is 0.515 e. The van der Waals surface area contributed by atoms with Gasteiger partial charge in [0.1, 0.15) is 0 Å². The van der Waals surface area contributed by atoms with Crippen LogP contribution in [-0.4, -0.2) is 22.7 Å². The first kappa shape index (κ1) is 11.5. The van der Waals surface area contributed by atoms with E-state index in [9.17, 15) is 4.79 Å². The number of pyridine rings is 1. The van der Waals surface area contributed by atoms with Gasteiger partial charge < -0.3 is 14.5 Å². The van der Waals surface area contributed by atoms with Crippen LogP contribution < -0.4 is 4.74 Å². The number of carbonyl (C=O) groups excluding carboxylic acids is 1. The van der Waals surface area contributed by atoms with Crippen molar-refractivity contribution in [2.24, 2.45) is 0 Å². The van der Waals surface area contributed by atoms with Gasteiger partial charge >= 0.3 is 6.16 Å². The molecule has 2 aromatic heterocycles. The van der Waals surface area contributed by atoms with Crippen molar-refractivity contribution in [3.8, 4) is 5.88 Å². The third-order valence-corrected chi connectivity index (χ3v) is 2.82. The van der Waals surface area contributed by atoms with Gasteiger partial charge in [-0.3, -0.25) is 0 Å². The second-order valence-electron chi connectivity index (χ2n) is 4.02. The van der Waals surface area contributed by atoms with Crippen LogP contribution >= 0.6 is 0 Å². The fourth-order valence-corrected chi connectivity index (χ4v) is 2.02. The van der Waals surface area contributed by atoms with E-state index < -0.39 is 6.16 Å². The summed E-state index contributed by atoms with van der Waals surface area (Å²) in [6.45, 7) is 1.99. The van der Waals surface area contributed by atoms with Crippen LogP contribution in [-0.2, 0) is 4.74 Å². The van der Waals surface area contributed by atoms with Gasteiger partial charge in [-0.15, -0.1) is 0 Å². The van der Waals surface area contributed by atoms with Gasteiger partial charge in [0.05, 0.1) is 18.3 Å². The molecule has 1 aromatic carbocycles. The number of carbonyl (C=O) groups is 1. The van der Waals surface area contributed by atoms with Crippen molar-refractivity contribution in [2.45, 2.75) is 6.92 Å². The van der Waals surface area contributed by atoms with E-state index in [1.165, 1.54) is 0 Å². The maximum absolute atomic E-state index is 11.3. The van der Waals surface area contributed by atoms with Crippen LogP contribution in [0.25, 0.3) is 21.8 Å². The maximum Gasteiger partial charge on any atom is 0.515 e. The van der Waals surface area contributed by atoms with Crippen molar-refractivity contribution in [3.63, 3.8) is 0 Å². The molecular formula is C14H12N2O3. The van der Waals surface area contributed by atoms with Crippen molar-refractivity contribution >= 4 is 28.0 Å². The van der Waals surface area contributed by atoms with Crippen molar-refractivity contribution < 1.29 is 14.3 Å². The Balaban J connectivity index is 2.04. The zero-order chi connectivity index (χ0) is 13.2. The lowest BCUT2D eigenvalue weighted by Crippen LogP contribution is -2.10. The van der Waals surface area contributed by atoms with Crippen LogP contribution in [0.2, 0.25) is 0 Å². The summed E-state index contributed by atoms with van der Waals surface area (Å²) in [5, 5.41) is 2.03. The number of ether oxygens (including phenoxy) is 2. The number of hydrogen-bond donors (Lipinski definition) is 1. The number of aromatic nitrogens is 2. The lowest BCUT2D eigenvalue weighted by Gasteiger charge is -2.02. The number of para-hydroxylation sites is 1. The molecule has 0 aliphatic rings. The molecule has 5 nitrogen and oxygen atoms in total. The molecule has 0 radical (unpaired) electrons. The molecule has 0 spiro atoms. The standard InChI is InChI=1S/C14H12N2O3/c1-2-18-14(17)19-13-7-10-9-5-3-4-6-11(9)16-12(10)8-15-13/h3-8,16H,2H2,1H3. The van der Waals surface area contributed by atoms with Gasteiger partial charge in [0.15, 0.2) is 0 Å². The fraction of sp³-hybridized carbons (Fsp3) is 0.143. The smallest absolute Gasteiger partial charge is 0.434 e. The minimum absolute atomic E-state index is 0.232. The summed E-state index contributed by atoms with van der Waals surface area (Å²) in [7, 11) is 0. The highest BCUT2D eigenvalue weighted by molar-refractivity contribution is 6.07. The minimum Gasteiger partial charge on any atom is -0.434 e. The lowest BCUT2D eigenvalue weighted by molar-refractivity contribution is 0.103. The van der Waals surface area contributed by atoms with Gasteiger partial charge in [0, 0.05) is 22.4 Å². The average Bonchev–Trinajstić information content (AvgIpc) is 2.77. The molecular weight excluding hydrogens is 244 g/mol. The zero-order valence-electron chi connectivity index (χ0n) is 10.3. The van der Waals surface area contributed by atoms with E-state index in [1.807, 2.05) is 24.3 Å². The highest BCUT2D eigenvalue weighted by atomic mass is 16.7. The first-order valence-electron chi connectivity index (χ1n) is 5.99. The summed E-state index contributed by atoms with van der Waals surface area (Å²) in [6, 6.07) is 9.64. The van der Waals surface area contributed by atoms with Gasteiger partial charge in [-0.05, 0) is 13.0 Å². The predicted molar refractivity (Wildman–Crippen MR) is 71.2 cm³/mol. The van der Waals surface area contributed by atoms with Gasteiger partial charge in [0.2, 0.25) is 5.88 Å². The Kier molecular flexibility index (Phi) is 2.79. The second kappa shape index (κ2) is 4.61. The van der Waals surface area contributed by atoms with Crippen LogP contribution in [0.4, 0.5) is 4.79 Å². The van der Waals surface area contributed by atoms with Crippen molar-refractivity contribution in [2.75, 3.05) is 6.61 Å². The van der Waals surface area contributed by atoms with Crippen LogP contribution in [0, 0.1) is 0 Å². The zero-order valence-corrected chi connectivity index (χ0v) is 10.3. The molecule has 0 atom stereocenters. The molecule has 0 bridgehead atoms. The molecule has 2 heterocycles. The molecule has 0 unspecified atom stereocenters. The summed E-state index contributed by atoms with van der Waals surface area (Å²) >= 11 is 0. The third-order valence-electron chi connectivity index (χ3n) is 2.82. The highest BCUT2D eigenvalue weighted by Gasteiger charge is 2.09. The molecule has 96 valence electrons. The monoisotopic (exact) mass is 256 g/mol. The molecule has 0 saturated carbocycles. The maximum atomic E-state index is 11.3. The first-order valence-corrected chi connectivity index (χ1v) is 5.99. The Hall–Kier alpha value is -2.56. The van der Waals surface area contributed by atoms with Crippen LogP contribution in [0.1, 0.15) is 6.92 Å². The van der Waals surface area contributed by atoms with Gasteiger partial charge in [-0.1, -0.05) is 18.2 Å². The van der Waals surface area contributed by atoms with E-state index in [-0.39, 0.29) is 12.5 Å². The van der Waals surface area contributed by atoms with E-state index in [1.54, 1.807) is 19.2 Å². The van der Waals surface area contributed by atoms with E-state index >= 15 is 0 Å². The van der Waals surface area contributed by atoms with Crippen molar-refractivity contribution in [1.82, 2.24) is 9.97 Å². The SMILES string of the molecule is CCOC(=O)Oc1cc2c(cn1)[nH]c1ccccc12. The summed E-state index contributed by atoms with van der Waals surface area (Å²) in [5.41, 5.74) is 1.92. The Morgan fingerprint density at radius 1 is 1.26 bits per heavy atom. The molecule has 3 aromatic rings. The first-order chi connectivity index (χ1) is 9.28. The molecule has 19 heavy (non-hydrogen) atoms. The Morgan fingerprint density at radius 2 is 2.11 bits per heavy atom. The molecule has 0 aliphatic heterocycles.